The molecule has 4 aromatic rings. The summed E-state index contributed by atoms with van der Waals surface area (Å²) < 4.78 is 1.53. The molecule has 1 saturated heterocycles. The van der Waals surface area contributed by atoms with Crippen molar-refractivity contribution in [3.05, 3.63) is 94.0 Å². The van der Waals surface area contributed by atoms with Gasteiger partial charge in [-0.1, -0.05) is 19.1 Å². The van der Waals surface area contributed by atoms with E-state index in [0.717, 1.165) is 60.8 Å². The minimum atomic E-state index is -0.261. The Labute approximate surface area is 264 Å². The van der Waals surface area contributed by atoms with Gasteiger partial charge in [0.05, 0.1) is 24.2 Å². The van der Waals surface area contributed by atoms with Crippen molar-refractivity contribution in [3.63, 3.8) is 0 Å². The predicted octanol–water partition coefficient (Wildman–Crippen LogP) is 4.09. The van der Waals surface area contributed by atoms with Gasteiger partial charge in [0.2, 0.25) is 0 Å². The average Bonchev–Trinajstić information content (AvgIpc) is 3.06. The van der Waals surface area contributed by atoms with E-state index in [1.807, 2.05) is 67.7 Å². The molecule has 2 aliphatic rings. The third-order valence-electron chi connectivity index (χ3n) is 8.98. The molecule has 0 aliphatic carbocycles. The van der Waals surface area contributed by atoms with E-state index in [0.29, 0.717) is 41.3 Å². The number of rotatable bonds is 8. The van der Waals surface area contributed by atoms with Crippen LogP contribution in [0.15, 0.2) is 71.8 Å². The fourth-order valence-electron chi connectivity index (χ4n) is 6.30. The van der Waals surface area contributed by atoms with Crippen LogP contribution in [0.3, 0.4) is 0 Å². The highest BCUT2D eigenvalue weighted by Crippen LogP contribution is 2.35. The fraction of sp³-hybridized carbons (Fsp3) is 0.343. The highest BCUT2D eigenvalue weighted by Gasteiger charge is 2.28. The van der Waals surface area contributed by atoms with E-state index >= 15 is 0 Å². The first-order valence-corrected chi connectivity index (χ1v) is 15.5. The zero-order valence-electron chi connectivity index (χ0n) is 26.5. The first-order chi connectivity index (χ1) is 21.8. The topological polar surface area (TPSA) is 97.2 Å². The number of pyridine rings is 2. The molecule has 2 aromatic heterocycles. The van der Waals surface area contributed by atoms with Gasteiger partial charge in [-0.25, -0.2) is 4.98 Å². The molecule has 45 heavy (non-hydrogen) atoms. The lowest BCUT2D eigenvalue weighted by atomic mass is 9.94. The van der Waals surface area contributed by atoms with E-state index in [-0.39, 0.29) is 18.1 Å². The second kappa shape index (κ2) is 12.7. The summed E-state index contributed by atoms with van der Waals surface area (Å²) in [7, 11) is 5.68. The highest BCUT2D eigenvalue weighted by atomic mass is 16.3. The summed E-state index contributed by atoms with van der Waals surface area (Å²) in [4.78, 5) is 40.0. The Kier molecular flexibility index (Phi) is 8.60. The molecule has 10 nitrogen and oxygen atoms in total. The molecule has 0 saturated carbocycles. The van der Waals surface area contributed by atoms with Crippen molar-refractivity contribution in [2.24, 2.45) is 7.05 Å². The van der Waals surface area contributed by atoms with Crippen LogP contribution in [0.1, 0.15) is 28.4 Å². The van der Waals surface area contributed by atoms with Gasteiger partial charge in [0.15, 0.2) is 0 Å². The molecule has 2 aromatic carbocycles. The number of aliphatic hydroxyl groups is 1. The molecule has 1 fully saturated rings. The number of hydrogen-bond donors (Lipinski definition) is 2. The Morgan fingerprint density at radius 1 is 0.956 bits per heavy atom. The summed E-state index contributed by atoms with van der Waals surface area (Å²) in [5.41, 5.74) is 6.82. The van der Waals surface area contributed by atoms with Gasteiger partial charge >= 0.3 is 0 Å². The lowest BCUT2D eigenvalue weighted by molar-refractivity contribution is 0.0980. The SMILES string of the molecule is CCN1CCN(c2ccc(Nc3cc(-c4cccc(N5CCc6cc(N(C)C)ccc6C5=O)c4CO)cn(C)c3=O)nc2)CC1. The minimum absolute atomic E-state index is 0.0852. The molecule has 1 amide bonds. The van der Waals surface area contributed by atoms with Crippen molar-refractivity contribution in [1.82, 2.24) is 14.5 Å². The number of hydrogen-bond acceptors (Lipinski definition) is 8. The van der Waals surface area contributed by atoms with Crippen molar-refractivity contribution in [2.45, 2.75) is 20.0 Å². The zero-order chi connectivity index (χ0) is 31.7. The van der Waals surface area contributed by atoms with Crippen LogP contribution in [-0.2, 0) is 20.1 Å². The van der Waals surface area contributed by atoms with Gasteiger partial charge in [0.1, 0.15) is 11.5 Å². The number of nitrogens with one attached hydrogen (secondary N) is 1. The van der Waals surface area contributed by atoms with Crippen LogP contribution < -0.4 is 25.6 Å². The minimum Gasteiger partial charge on any atom is -0.392 e. The van der Waals surface area contributed by atoms with Crippen molar-refractivity contribution in [2.75, 3.05) is 73.4 Å². The number of likely N-dealkylation sites (N-methyl/N-ethyl adjacent to an activating group) is 1. The zero-order valence-corrected chi connectivity index (χ0v) is 26.5. The summed E-state index contributed by atoms with van der Waals surface area (Å²) in [6.07, 6.45) is 4.32. The average molecular weight is 608 g/mol. The molecular weight excluding hydrogens is 566 g/mol. The maximum atomic E-state index is 13.7. The molecule has 0 bridgehead atoms. The largest absolute Gasteiger partial charge is 0.392 e. The Hall–Kier alpha value is -4.67. The van der Waals surface area contributed by atoms with Gasteiger partial charge in [0, 0.05) is 82.4 Å². The van der Waals surface area contributed by atoms with Crippen LogP contribution in [0.25, 0.3) is 11.1 Å². The summed E-state index contributed by atoms with van der Waals surface area (Å²) in [6, 6.07) is 17.3. The third-order valence-corrected chi connectivity index (χ3v) is 8.98. The number of benzene rings is 2. The van der Waals surface area contributed by atoms with Crippen molar-refractivity contribution in [3.8, 4) is 11.1 Å². The Morgan fingerprint density at radius 3 is 2.44 bits per heavy atom. The maximum absolute atomic E-state index is 13.7. The Bertz CT molecular complexity index is 1760. The van der Waals surface area contributed by atoms with Gasteiger partial charge in [-0.05, 0) is 66.6 Å². The quantitative estimate of drug-likeness (QED) is 0.309. The van der Waals surface area contributed by atoms with Crippen LogP contribution in [0.5, 0.6) is 0 Å². The Morgan fingerprint density at radius 2 is 1.76 bits per heavy atom. The number of fused-ring (bicyclic) bond motifs is 1. The van der Waals surface area contributed by atoms with Crippen molar-refractivity contribution < 1.29 is 9.90 Å². The van der Waals surface area contributed by atoms with Crippen LogP contribution >= 0.6 is 0 Å². The standard InChI is InChI=1S/C35H41N7O3/c1-5-40-15-17-41(18-16-40)27-10-12-33(36-21-27)37-31-20-25(22-39(4)35(31)45)28-7-6-8-32(30(28)23-43)42-14-13-24-19-26(38(2)3)9-11-29(24)34(42)44/h6-12,19-22,43H,5,13-18,23H2,1-4H3,(H,36,37). The second-order valence-electron chi connectivity index (χ2n) is 11.9. The number of nitrogens with zero attached hydrogens (tertiary/aromatic N) is 6. The van der Waals surface area contributed by atoms with E-state index in [1.165, 1.54) is 4.57 Å². The molecule has 234 valence electrons. The molecule has 2 N–H and O–H groups in total. The normalized spacial score (nSPS) is 15.3. The third kappa shape index (κ3) is 6.03. The maximum Gasteiger partial charge on any atom is 0.274 e. The molecule has 4 heterocycles. The fourth-order valence-corrected chi connectivity index (χ4v) is 6.30. The highest BCUT2D eigenvalue weighted by molar-refractivity contribution is 6.09. The summed E-state index contributed by atoms with van der Waals surface area (Å²) >= 11 is 0. The lowest BCUT2D eigenvalue weighted by Gasteiger charge is -2.35. The van der Waals surface area contributed by atoms with Gasteiger partial charge in [0.25, 0.3) is 11.5 Å². The predicted molar refractivity (Wildman–Crippen MR) is 181 cm³/mol. The molecule has 0 spiro atoms. The van der Waals surface area contributed by atoms with Crippen molar-refractivity contribution in [1.29, 1.82) is 0 Å². The first-order valence-electron chi connectivity index (χ1n) is 15.5. The Balaban J connectivity index is 1.27. The summed E-state index contributed by atoms with van der Waals surface area (Å²) in [5, 5.41) is 13.8. The number of aryl methyl sites for hydroxylation is 1. The second-order valence-corrected chi connectivity index (χ2v) is 11.9. The molecule has 10 heteroatoms. The number of piperazine rings is 1. The lowest BCUT2D eigenvalue weighted by Crippen LogP contribution is -2.46. The van der Waals surface area contributed by atoms with Crippen LogP contribution in [0, 0.1) is 0 Å². The van der Waals surface area contributed by atoms with Crippen LogP contribution in [0.4, 0.5) is 28.6 Å². The molecule has 2 aliphatic heterocycles. The van der Waals surface area contributed by atoms with E-state index in [2.05, 4.69) is 33.1 Å². The van der Waals surface area contributed by atoms with Crippen LogP contribution in [-0.4, -0.2) is 78.8 Å². The monoisotopic (exact) mass is 607 g/mol. The molecule has 0 radical (unpaired) electrons. The number of aliphatic hydroxyl groups excluding tert-OH is 1. The number of carbonyl (C=O) groups is 1. The van der Waals surface area contributed by atoms with E-state index in [4.69, 9.17) is 0 Å². The molecule has 0 atom stereocenters. The summed E-state index contributed by atoms with van der Waals surface area (Å²) in [6.45, 7) is 7.50. The molecule has 0 unspecified atom stereocenters. The van der Waals surface area contributed by atoms with E-state index in [1.54, 1.807) is 24.2 Å². The summed E-state index contributed by atoms with van der Waals surface area (Å²) in [5.74, 6) is 0.490. The van der Waals surface area contributed by atoms with E-state index in [9.17, 15) is 14.7 Å². The van der Waals surface area contributed by atoms with E-state index < -0.39 is 0 Å². The number of amides is 1. The smallest absolute Gasteiger partial charge is 0.274 e. The van der Waals surface area contributed by atoms with Crippen molar-refractivity contribution >= 4 is 34.5 Å². The molecular formula is C35H41N7O3. The van der Waals surface area contributed by atoms with Gasteiger partial charge < -0.3 is 34.6 Å². The molecule has 6 rings (SSSR count). The van der Waals surface area contributed by atoms with Gasteiger partial charge in [-0.2, -0.15) is 0 Å². The number of anilines is 5. The van der Waals surface area contributed by atoms with Gasteiger partial charge in [-0.3, -0.25) is 9.59 Å². The first kappa shape index (κ1) is 30.4. The van der Waals surface area contributed by atoms with Crippen LogP contribution in [0.2, 0.25) is 0 Å². The number of aromatic nitrogens is 2. The number of carbonyl (C=O) groups excluding carboxylic acids is 1. The van der Waals surface area contributed by atoms with Gasteiger partial charge in [-0.15, -0.1) is 0 Å².